The Labute approximate surface area is 220 Å². The Balaban J connectivity index is 1.54. The standard InChI is InChI=1S/C29H29FN6O2/c1-17-4-7-22(35-28(38)20-9-10-33-25(13-20)29(2,3)30)15-23(17)24(32)12-21(16-31)19-8-11-34-26(14-19)36-27(37)18-5-6-18/h4,7-16,18,31-32H,5-6H2,1-3H3,(H,35,38)(H,34,36,37)/b21-12+,31-16?,32-24?. The third kappa shape index (κ3) is 6.42. The number of benzene rings is 1. The van der Waals surface area contributed by atoms with Gasteiger partial charge in [-0.2, -0.15) is 0 Å². The maximum Gasteiger partial charge on any atom is 0.255 e. The smallest absolute Gasteiger partial charge is 0.255 e. The van der Waals surface area contributed by atoms with E-state index in [1.54, 1.807) is 42.6 Å². The zero-order valence-corrected chi connectivity index (χ0v) is 21.4. The SMILES string of the molecule is Cc1ccc(NC(=O)c2ccnc(C(C)(C)F)c2)cc1C(=N)/C=C(\C=N)c1ccnc(NC(=O)C2CC2)c1. The highest BCUT2D eigenvalue weighted by molar-refractivity contribution is 6.20. The number of carbonyl (C=O) groups is 2. The molecule has 0 spiro atoms. The van der Waals surface area contributed by atoms with Gasteiger partial charge in [-0.15, -0.1) is 0 Å². The van der Waals surface area contributed by atoms with Crippen LogP contribution in [0.3, 0.4) is 0 Å². The highest BCUT2D eigenvalue weighted by Gasteiger charge is 2.29. The number of amides is 2. The molecule has 0 radical (unpaired) electrons. The van der Waals surface area contributed by atoms with Gasteiger partial charge in [-0.05, 0) is 87.2 Å². The lowest BCUT2D eigenvalue weighted by Crippen LogP contribution is -2.16. The monoisotopic (exact) mass is 512 g/mol. The molecule has 2 amide bonds. The van der Waals surface area contributed by atoms with Crippen LogP contribution in [0.4, 0.5) is 15.9 Å². The molecule has 1 aliphatic carbocycles. The van der Waals surface area contributed by atoms with Gasteiger partial charge < -0.3 is 21.5 Å². The van der Waals surface area contributed by atoms with Gasteiger partial charge in [0.1, 0.15) is 11.5 Å². The molecule has 0 atom stereocenters. The summed E-state index contributed by atoms with van der Waals surface area (Å²) in [5.41, 5.74) is 1.84. The zero-order valence-electron chi connectivity index (χ0n) is 21.4. The van der Waals surface area contributed by atoms with Crippen LogP contribution in [0.1, 0.15) is 59.4 Å². The number of halogens is 1. The number of hydrogen-bond donors (Lipinski definition) is 4. The number of rotatable bonds is 9. The second-order valence-corrected chi connectivity index (χ2v) is 9.74. The van der Waals surface area contributed by atoms with Gasteiger partial charge in [0.25, 0.3) is 5.91 Å². The number of nitrogens with one attached hydrogen (secondary N) is 4. The number of aryl methyl sites for hydroxylation is 1. The van der Waals surface area contributed by atoms with Crippen LogP contribution >= 0.6 is 0 Å². The second-order valence-electron chi connectivity index (χ2n) is 9.74. The van der Waals surface area contributed by atoms with Crippen LogP contribution in [0.2, 0.25) is 0 Å². The van der Waals surface area contributed by atoms with Gasteiger partial charge in [0.05, 0.1) is 11.4 Å². The molecule has 2 heterocycles. The number of aromatic nitrogens is 2. The van der Waals surface area contributed by atoms with Crippen molar-refractivity contribution in [2.75, 3.05) is 10.6 Å². The van der Waals surface area contributed by atoms with Gasteiger partial charge in [0.2, 0.25) is 5.91 Å². The van der Waals surface area contributed by atoms with Crippen LogP contribution in [0.15, 0.2) is 60.9 Å². The van der Waals surface area contributed by atoms with Crippen LogP contribution in [-0.4, -0.2) is 33.7 Å². The first kappa shape index (κ1) is 26.5. The number of nitrogens with zero attached hydrogens (tertiary/aromatic N) is 2. The number of allylic oxidation sites excluding steroid dienone is 2. The number of pyridine rings is 2. The van der Waals surface area contributed by atoms with Gasteiger partial charge in [-0.1, -0.05) is 6.07 Å². The summed E-state index contributed by atoms with van der Waals surface area (Å²) in [5, 5.41) is 22.2. The molecule has 4 rings (SSSR count). The van der Waals surface area contributed by atoms with E-state index in [4.69, 9.17) is 10.8 Å². The summed E-state index contributed by atoms with van der Waals surface area (Å²) in [6.07, 6.45) is 7.41. The molecule has 8 nitrogen and oxygen atoms in total. The minimum absolute atomic E-state index is 0.0401. The number of anilines is 2. The summed E-state index contributed by atoms with van der Waals surface area (Å²) in [5.74, 6) is -0.0468. The number of alkyl halides is 1. The third-order valence-corrected chi connectivity index (χ3v) is 6.16. The second kappa shape index (κ2) is 10.8. The summed E-state index contributed by atoms with van der Waals surface area (Å²) in [6, 6.07) is 11.5. The van der Waals surface area contributed by atoms with Crippen molar-refractivity contribution in [1.82, 2.24) is 9.97 Å². The highest BCUT2D eigenvalue weighted by Crippen LogP contribution is 2.30. The first-order chi connectivity index (χ1) is 18.0. The topological polar surface area (TPSA) is 132 Å². The Kier molecular flexibility index (Phi) is 7.57. The molecule has 1 fully saturated rings. The lowest BCUT2D eigenvalue weighted by molar-refractivity contribution is -0.117. The molecular formula is C29H29FN6O2. The van der Waals surface area contributed by atoms with Gasteiger partial charge in [-0.3, -0.25) is 14.6 Å². The average molecular weight is 513 g/mol. The molecule has 9 heteroatoms. The van der Waals surface area contributed by atoms with Gasteiger partial charge in [-0.25, -0.2) is 9.37 Å². The molecule has 0 bridgehead atoms. The largest absolute Gasteiger partial charge is 0.322 e. The van der Waals surface area contributed by atoms with Crippen molar-refractivity contribution in [3.8, 4) is 0 Å². The lowest BCUT2D eigenvalue weighted by Gasteiger charge is -2.14. The minimum Gasteiger partial charge on any atom is -0.322 e. The highest BCUT2D eigenvalue weighted by atomic mass is 19.1. The average Bonchev–Trinajstić information content (AvgIpc) is 3.74. The Morgan fingerprint density at radius 2 is 1.74 bits per heavy atom. The van der Waals surface area contributed by atoms with Crippen molar-refractivity contribution in [2.24, 2.45) is 5.92 Å². The normalized spacial score (nSPS) is 13.5. The molecular weight excluding hydrogens is 483 g/mol. The fourth-order valence-corrected chi connectivity index (χ4v) is 3.78. The van der Waals surface area contributed by atoms with Crippen LogP contribution in [0, 0.1) is 23.7 Å². The number of carbonyl (C=O) groups excluding carboxylic acids is 2. The van der Waals surface area contributed by atoms with Crippen LogP contribution in [0.5, 0.6) is 0 Å². The summed E-state index contributed by atoms with van der Waals surface area (Å²) >= 11 is 0. The molecule has 1 aromatic carbocycles. The Hall–Kier alpha value is -4.53. The Morgan fingerprint density at radius 3 is 2.42 bits per heavy atom. The lowest BCUT2D eigenvalue weighted by atomic mass is 9.99. The van der Waals surface area contributed by atoms with E-state index in [2.05, 4.69) is 20.6 Å². The van der Waals surface area contributed by atoms with E-state index in [0.717, 1.165) is 24.6 Å². The summed E-state index contributed by atoms with van der Waals surface area (Å²) in [7, 11) is 0. The molecule has 194 valence electrons. The first-order valence-electron chi connectivity index (χ1n) is 12.2. The molecule has 1 saturated carbocycles. The van der Waals surface area contributed by atoms with E-state index in [9.17, 15) is 14.0 Å². The summed E-state index contributed by atoms with van der Waals surface area (Å²) in [6.45, 7) is 4.60. The van der Waals surface area contributed by atoms with Gasteiger partial charge in [0, 0.05) is 46.9 Å². The molecule has 1 aliphatic rings. The first-order valence-corrected chi connectivity index (χ1v) is 12.2. The van der Waals surface area contributed by atoms with Crippen molar-refractivity contribution in [1.29, 1.82) is 10.8 Å². The Morgan fingerprint density at radius 1 is 1.03 bits per heavy atom. The van der Waals surface area contributed by atoms with E-state index in [1.165, 1.54) is 32.2 Å². The van der Waals surface area contributed by atoms with E-state index < -0.39 is 11.6 Å². The van der Waals surface area contributed by atoms with Crippen LogP contribution in [0.25, 0.3) is 5.57 Å². The summed E-state index contributed by atoms with van der Waals surface area (Å²) in [4.78, 5) is 33.1. The fourth-order valence-electron chi connectivity index (χ4n) is 3.78. The van der Waals surface area contributed by atoms with Crippen molar-refractivity contribution in [3.05, 3.63) is 88.9 Å². The maximum absolute atomic E-state index is 14.3. The van der Waals surface area contributed by atoms with Crippen molar-refractivity contribution >= 4 is 40.8 Å². The fraction of sp³-hybridized carbons (Fsp3) is 0.241. The van der Waals surface area contributed by atoms with E-state index >= 15 is 0 Å². The molecule has 0 aliphatic heterocycles. The van der Waals surface area contributed by atoms with Crippen LogP contribution < -0.4 is 10.6 Å². The summed E-state index contributed by atoms with van der Waals surface area (Å²) < 4.78 is 14.3. The van der Waals surface area contributed by atoms with E-state index in [-0.39, 0.29) is 28.8 Å². The zero-order chi connectivity index (χ0) is 27.4. The third-order valence-electron chi connectivity index (χ3n) is 6.16. The van der Waals surface area contributed by atoms with E-state index in [1.807, 2.05) is 6.92 Å². The van der Waals surface area contributed by atoms with Crippen LogP contribution in [-0.2, 0) is 10.5 Å². The van der Waals surface area contributed by atoms with Gasteiger partial charge >= 0.3 is 0 Å². The molecule has 0 unspecified atom stereocenters. The predicted molar refractivity (Wildman–Crippen MR) is 147 cm³/mol. The molecule has 3 aromatic rings. The minimum atomic E-state index is -1.68. The quantitative estimate of drug-likeness (QED) is 0.274. The van der Waals surface area contributed by atoms with E-state index in [0.29, 0.717) is 28.2 Å². The number of hydrogen-bond acceptors (Lipinski definition) is 6. The van der Waals surface area contributed by atoms with Crippen molar-refractivity contribution in [2.45, 2.75) is 39.3 Å². The molecule has 38 heavy (non-hydrogen) atoms. The maximum atomic E-state index is 14.3. The van der Waals surface area contributed by atoms with Crippen molar-refractivity contribution in [3.63, 3.8) is 0 Å². The Bertz CT molecular complexity index is 1450. The van der Waals surface area contributed by atoms with Gasteiger partial charge in [0.15, 0.2) is 0 Å². The van der Waals surface area contributed by atoms with Crippen molar-refractivity contribution < 1.29 is 14.0 Å². The molecule has 0 saturated heterocycles. The predicted octanol–water partition coefficient (Wildman–Crippen LogP) is 5.69. The molecule has 2 aromatic heterocycles. The molecule has 4 N–H and O–H groups in total.